The minimum atomic E-state index is -4.56. The minimum Gasteiger partial charge on any atom is -0.324 e. The minimum absolute atomic E-state index is 0.0137. The summed E-state index contributed by atoms with van der Waals surface area (Å²) in [5.41, 5.74) is -1.06. The Bertz CT molecular complexity index is 1060. The summed E-state index contributed by atoms with van der Waals surface area (Å²) in [6.45, 7) is 0.805. The van der Waals surface area contributed by atoms with Crippen molar-refractivity contribution in [3.63, 3.8) is 0 Å². The number of alkyl halides is 3. The first kappa shape index (κ1) is 23.8. The largest absolute Gasteiger partial charge is 0.416 e. The molecule has 2 aromatic rings. The second-order valence-electron chi connectivity index (χ2n) is 6.87. The average molecular weight is 496 g/mol. The highest BCUT2D eigenvalue weighted by Crippen LogP contribution is 2.33. The predicted octanol–water partition coefficient (Wildman–Crippen LogP) is 3.96. The quantitative estimate of drug-likeness (QED) is 0.681. The summed E-state index contributed by atoms with van der Waals surface area (Å²) >= 11 is 11.7. The van der Waals surface area contributed by atoms with Crippen LogP contribution in [0.5, 0.6) is 0 Å². The fraction of sp³-hybridized carbons (Fsp3) is 0.316. The summed E-state index contributed by atoms with van der Waals surface area (Å²) in [6.07, 6.45) is -4.56. The van der Waals surface area contributed by atoms with Gasteiger partial charge in [-0.05, 0) is 42.5 Å². The second kappa shape index (κ2) is 9.33. The molecule has 2 aromatic carbocycles. The monoisotopic (exact) mass is 495 g/mol. The number of carbonyl (C=O) groups is 1. The number of sulfonamides is 1. The van der Waals surface area contributed by atoms with Gasteiger partial charge >= 0.3 is 6.18 Å². The Morgan fingerprint density at radius 2 is 1.61 bits per heavy atom. The number of carbonyl (C=O) groups excluding carboxylic acids is 1. The second-order valence-corrected chi connectivity index (χ2v) is 9.66. The zero-order chi connectivity index (χ0) is 22.8. The average Bonchev–Trinajstić information content (AvgIpc) is 2.69. The molecule has 0 radical (unpaired) electrons. The Hall–Kier alpha value is -1.85. The van der Waals surface area contributed by atoms with Crippen molar-refractivity contribution in [3.8, 4) is 0 Å². The molecule has 1 aliphatic rings. The van der Waals surface area contributed by atoms with Crippen LogP contribution in [0.3, 0.4) is 0 Å². The molecule has 0 aliphatic carbocycles. The van der Waals surface area contributed by atoms with Gasteiger partial charge in [0.05, 0.1) is 27.7 Å². The first-order valence-corrected chi connectivity index (χ1v) is 11.3. The van der Waals surface area contributed by atoms with Gasteiger partial charge in [0.2, 0.25) is 15.9 Å². The van der Waals surface area contributed by atoms with Gasteiger partial charge in [-0.2, -0.15) is 17.5 Å². The normalized spacial score (nSPS) is 16.3. The third kappa shape index (κ3) is 5.89. The van der Waals surface area contributed by atoms with Crippen LogP contribution in [0.1, 0.15) is 5.56 Å². The van der Waals surface area contributed by atoms with Crippen molar-refractivity contribution in [2.45, 2.75) is 11.1 Å². The number of hydrogen-bond acceptors (Lipinski definition) is 4. The van der Waals surface area contributed by atoms with Crippen LogP contribution in [0.25, 0.3) is 0 Å². The molecule has 31 heavy (non-hydrogen) atoms. The van der Waals surface area contributed by atoms with Crippen LogP contribution < -0.4 is 5.32 Å². The van der Waals surface area contributed by atoms with Crippen LogP contribution in [0.15, 0.2) is 47.4 Å². The molecule has 1 amide bonds. The molecule has 1 heterocycles. The summed E-state index contributed by atoms with van der Waals surface area (Å²) < 4.78 is 65.3. The van der Waals surface area contributed by atoms with Gasteiger partial charge in [0.1, 0.15) is 0 Å². The van der Waals surface area contributed by atoms with E-state index in [0.717, 1.165) is 18.2 Å². The van der Waals surface area contributed by atoms with Gasteiger partial charge in [-0.1, -0.05) is 23.2 Å². The van der Waals surface area contributed by atoms with Gasteiger partial charge in [0.25, 0.3) is 0 Å². The van der Waals surface area contributed by atoms with E-state index < -0.39 is 27.7 Å². The number of halogens is 5. The lowest BCUT2D eigenvalue weighted by Gasteiger charge is -2.33. The smallest absolute Gasteiger partial charge is 0.324 e. The van der Waals surface area contributed by atoms with Crippen LogP contribution in [0, 0.1) is 0 Å². The first-order valence-electron chi connectivity index (χ1n) is 9.11. The topological polar surface area (TPSA) is 69.7 Å². The number of nitrogens with one attached hydrogen (secondary N) is 1. The fourth-order valence-corrected chi connectivity index (χ4v) is 4.79. The third-order valence-electron chi connectivity index (χ3n) is 4.72. The summed E-state index contributed by atoms with van der Waals surface area (Å²) in [5, 5.41) is 2.80. The molecule has 12 heteroatoms. The summed E-state index contributed by atoms with van der Waals surface area (Å²) in [5.74, 6) is -0.546. The number of benzene rings is 2. The van der Waals surface area contributed by atoms with Gasteiger partial charge in [0, 0.05) is 31.2 Å². The SMILES string of the molecule is O=C(CN1CCN(S(=O)(=O)c2ccc(Cl)cc2)CC1)Nc1cc(C(F)(F)F)ccc1Cl. The van der Waals surface area contributed by atoms with E-state index in [9.17, 15) is 26.4 Å². The molecule has 0 saturated carbocycles. The highest BCUT2D eigenvalue weighted by atomic mass is 35.5. The number of piperazine rings is 1. The molecule has 3 rings (SSSR count). The molecule has 1 saturated heterocycles. The number of amides is 1. The van der Waals surface area contributed by atoms with E-state index in [4.69, 9.17) is 23.2 Å². The zero-order valence-electron chi connectivity index (χ0n) is 16.0. The molecule has 0 spiro atoms. The fourth-order valence-electron chi connectivity index (χ4n) is 3.07. The molecule has 1 fully saturated rings. The maximum atomic E-state index is 12.9. The van der Waals surface area contributed by atoms with Crippen LogP contribution in [-0.2, 0) is 21.0 Å². The number of anilines is 1. The highest BCUT2D eigenvalue weighted by Gasteiger charge is 2.32. The Morgan fingerprint density at radius 1 is 1.00 bits per heavy atom. The summed E-state index contributed by atoms with van der Waals surface area (Å²) in [7, 11) is -3.68. The van der Waals surface area contributed by atoms with Crippen molar-refractivity contribution in [2.75, 3.05) is 38.0 Å². The van der Waals surface area contributed by atoms with Gasteiger partial charge in [-0.3, -0.25) is 9.69 Å². The van der Waals surface area contributed by atoms with Crippen LogP contribution in [-0.4, -0.2) is 56.3 Å². The summed E-state index contributed by atoms with van der Waals surface area (Å²) in [6, 6.07) is 8.52. The standard InChI is InChI=1S/C19H18Cl2F3N3O3S/c20-14-2-4-15(5-3-14)31(29,30)27-9-7-26(8-10-27)12-18(28)25-17-11-13(19(22,23)24)1-6-16(17)21/h1-6,11H,7-10,12H2,(H,25,28). The van der Waals surface area contributed by atoms with E-state index in [1.165, 1.54) is 28.6 Å². The van der Waals surface area contributed by atoms with Gasteiger partial charge < -0.3 is 5.32 Å². The molecule has 0 aromatic heterocycles. The number of nitrogens with zero attached hydrogens (tertiary/aromatic N) is 2. The van der Waals surface area contributed by atoms with E-state index in [-0.39, 0.29) is 48.3 Å². The summed E-state index contributed by atoms with van der Waals surface area (Å²) in [4.78, 5) is 14.1. The molecule has 6 nitrogen and oxygen atoms in total. The molecule has 0 unspecified atom stereocenters. The molecular formula is C19H18Cl2F3N3O3S. The van der Waals surface area contributed by atoms with Crippen molar-refractivity contribution < 1.29 is 26.4 Å². The Kier molecular flexibility index (Phi) is 7.17. The van der Waals surface area contributed by atoms with Crippen molar-refractivity contribution in [1.29, 1.82) is 0 Å². The van der Waals surface area contributed by atoms with Gasteiger partial charge in [0.15, 0.2) is 0 Å². The predicted molar refractivity (Wildman–Crippen MR) is 112 cm³/mol. The first-order chi connectivity index (χ1) is 14.5. The molecule has 1 aliphatic heterocycles. The lowest BCUT2D eigenvalue weighted by Crippen LogP contribution is -2.50. The van der Waals surface area contributed by atoms with Crippen molar-refractivity contribution in [2.24, 2.45) is 0 Å². The van der Waals surface area contributed by atoms with Crippen LogP contribution >= 0.6 is 23.2 Å². The lowest BCUT2D eigenvalue weighted by atomic mass is 10.2. The van der Waals surface area contributed by atoms with E-state index in [1.807, 2.05) is 0 Å². The van der Waals surface area contributed by atoms with E-state index in [2.05, 4.69) is 5.32 Å². The van der Waals surface area contributed by atoms with Crippen LogP contribution in [0.2, 0.25) is 10.0 Å². The molecular weight excluding hydrogens is 478 g/mol. The van der Waals surface area contributed by atoms with Crippen molar-refractivity contribution in [1.82, 2.24) is 9.21 Å². The van der Waals surface area contributed by atoms with Crippen molar-refractivity contribution >= 4 is 44.8 Å². The van der Waals surface area contributed by atoms with Crippen molar-refractivity contribution in [3.05, 3.63) is 58.1 Å². The molecule has 0 atom stereocenters. The highest BCUT2D eigenvalue weighted by molar-refractivity contribution is 7.89. The van der Waals surface area contributed by atoms with E-state index in [1.54, 1.807) is 4.90 Å². The zero-order valence-corrected chi connectivity index (χ0v) is 18.3. The molecule has 0 bridgehead atoms. The maximum Gasteiger partial charge on any atom is 0.416 e. The van der Waals surface area contributed by atoms with E-state index >= 15 is 0 Å². The molecule has 1 N–H and O–H groups in total. The lowest BCUT2D eigenvalue weighted by molar-refractivity contribution is -0.137. The maximum absolute atomic E-state index is 12.9. The third-order valence-corrected chi connectivity index (χ3v) is 7.21. The Balaban J connectivity index is 1.58. The number of rotatable bonds is 5. The van der Waals surface area contributed by atoms with E-state index in [0.29, 0.717) is 5.02 Å². The van der Waals surface area contributed by atoms with Gasteiger partial charge in [-0.25, -0.2) is 8.42 Å². The number of hydrogen-bond donors (Lipinski definition) is 1. The van der Waals surface area contributed by atoms with Gasteiger partial charge in [-0.15, -0.1) is 0 Å². The Labute approximate surface area is 187 Å². The molecule has 168 valence electrons. The Morgan fingerprint density at radius 3 is 2.19 bits per heavy atom. The van der Waals surface area contributed by atoms with Crippen LogP contribution in [0.4, 0.5) is 18.9 Å².